The summed E-state index contributed by atoms with van der Waals surface area (Å²) in [5, 5.41) is 9.50. The van der Waals surface area contributed by atoms with Crippen molar-refractivity contribution >= 4 is 0 Å². The van der Waals surface area contributed by atoms with E-state index in [0.717, 1.165) is 24.2 Å². The number of nitrogens with zero attached hydrogens (tertiary/aromatic N) is 1. The van der Waals surface area contributed by atoms with Crippen LogP contribution in [0.15, 0.2) is 10.9 Å². The number of rotatable bonds is 2. The zero-order valence-corrected chi connectivity index (χ0v) is 8.29. The summed E-state index contributed by atoms with van der Waals surface area (Å²) in [5.74, 6) is -0.102. The molecule has 13 heavy (non-hydrogen) atoms. The summed E-state index contributed by atoms with van der Waals surface area (Å²) in [6.07, 6.45) is 1.66. The minimum absolute atomic E-state index is 0.102. The summed E-state index contributed by atoms with van der Waals surface area (Å²) in [6.45, 7) is 3.88. The van der Waals surface area contributed by atoms with Gasteiger partial charge < -0.3 is 9.67 Å². The number of pyridine rings is 1. The molecule has 0 aliphatic heterocycles. The Bertz CT molecular complexity index is 366. The first kappa shape index (κ1) is 9.84. The van der Waals surface area contributed by atoms with Crippen molar-refractivity contribution in [2.75, 3.05) is 0 Å². The fourth-order valence-electron chi connectivity index (χ4n) is 1.39. The van der Waals surface area contributed by atoms with Gasteiger partial charge in [-0.05, 0) is 13.3 Å². The van der Waals surface area contributed by atoms with Crippen LogP contribution in [0.3, 0.4) is 0 Å². The van der Waals surface area contributed by atoms with Crippen LogP contribution in [0, 0.1) is 6.92 Å². The summed E-state index contributed by atoms with van der Waals surface area (Å²) in [7, 11) is 1.86. The molecule has 0 amide bonds. The van der Waals surface area contributed by atoms with E-state index >= 15 is 0 Å². The molecule has 0 fully saturated rings. The van der Waals surface area contributed by atoms with Crippen LogP contribution in [0.5, 0.6) is 5.75 Å². The molecule has 1 aromatic heterocycles. The van der Waals surface area contributed by atoms with Gasteiger partial charge in [-0.15, -0.1) is 0 Å². The van der Waals surface area contributed by atoms with Gasteiger partial charge in [0, 0.05) is 18.8 Å². The van der Waals surface area contributed by atoms with E-state index in [1.165, 1.54) is 6.07 Å². The highest BCUT2D eigenvalue weighted by molar-refractivity contribution is 5.29. The van der Waals surface area contributed by atoms with Gasteiger partial charge in [0.25, 0.3) is 0 Å². The lowest BCUT2D eigenvalue weighted by Crippen LogP contribution is -2.13. The number of hydrogen-bond acceptors (Lipinski definition) is 2. The van der Waals surface area contributed by atoms with Crippen LogP contribution in [0.2, 0.25) is 0 Å². The monoisotopic (exact) mass is 181 g/mol. The van der Waals surface area contributed by atoms with Crippen LogP contribution in [0.25, 0.3) is 0 Å². The van der Waals surface area contributed by atoms with Gasteiger partial charge in [0.1, 0.15) is 0 Å². The number of aromatic hydroxyl groups is 1. The van der Waals surface area contributed by atoms with Crippen LogP contribution in [-0.4, -0.2) is 9.67 Å². The van der Waals surface area contributed by atoms with Crippen LogP contribution in [-0.2, 0) is 13.5 Å². The zero-order valence-electron chi connectivity index (χ0n) is 8.29. The second-order valence-corrected chi connectivity index (χ2v) is 3.25. The fourth-order valence-corrected chi connectivity index (χ4v) is 1.39. The van der Waals surface area contributed by atoms with E-state index in [-0.39, 0.29) is 11.2 Å². The Morgan fingerprint density at radius 2 is 2.15 bits per heavy atom. The van der Waals surface area contributed by atoms with Crippen molar-refractivity contribution in [2.24, 2.45) is 7.05 Å². The lowest BCUT2D eigenvalue weighted by atomic mass is 10.2. The summed E-state index contributed by atoms with van der Waals surface area (Å²) >= 11 is 0. The van der Waals surface area contributed by atoms with Crippen molar-refractivity contribution in [2.45, 2.75) is 26.7 Å². The predicted molar refractivity (Wildman–Crippen MR) is 52.1 cm³/mol. The Balaban J connectivity index is 3.37. The summed E-state index contributed by atoms with van der Waals surface area (Å²) in [4.78, 5) is 11.2. The molecule has 0 unspecified atom stereocenters. The lowest BCUT2D eigenvalue weighted by Gasteiger charge is -2.12. The lowest BCUT2D eigenvalue weighted by molar-refractivity contribution is 0.450. The molecule has 0 atom stereocenters. The van der Waals surface area contributed by atoms with Crippen molar-refractivity contribution in [3.8, 4) is 5.75 Å². The molecule has 0 spiro atoms. The first-order valence-corrected chi connectivity index (χ1v) is 4.46. The average molecular weight is 181 g/mol. The number of aryl methyl sites for hydroxylation is 1. The molecule has 1 heterocycles. The summed E-state index contributed by atoms with van der Waals surface area (Å²) in [5.41, 5.74) is 1.33. The zero-order chi connectivity index (χ0) is 10.0. The first-order chi connectivity index (χ1) is 6.07. The van der Waals surface area contributed by atoms with Crippen molar-refractivity contribution in [3.05, 3.63) is 27.7 Å². The predicted octanol–water partition coefficient (Wildman–Crippen LogP) is 1.35. The maximum atomic E-state index is 11.2. The molecule has 0 bridgehead atoms. The van der Waals surface area contributed by atoms with Gasteiger partial charge in [-0.2, -0.15) is 0 Å². The van der Waals surface area contributed by atoms with Gasteiger partial charge in [0.15, 0.2) is 5.75 Å². The standard InChI is InChI=1S/C10H15NO2/c1-4-5-8-10(13)9(12)6-7(2)11(8)3/h6,13H,4-5H2,1-3H3. The molecule has 0 saturated heterocycles. The molecule has 72 valence electrons. The molecule has 0 radical (unpaired) electrons. The van der Waals surface area contributed by atoms with Crippen LogP contribution >= 0.6 is 0 Å². The van der Waals surface area contributed by atoms with E-state index in [0.29, 0.717) is 0 Å². The molecule has 3 nitrogen and oxygen atoms in total. The molecule has 0 aliphatic rings. The Morgan fingerprint density at radius 1 is 1.54 bits per heavy atom. The third-order valence-electron chi connectivity index (χ3n) is 2.27. The highest BCUT2D eigenvalue weighted by atomic mass is 16.3. The maximum Gasteiger partial charge on any atom is 0.223 e. The highest BCUT2D eigenvalue weighted by Gasteiger charge is 2.08. The van der Waals surface area contributed by atoms with E-state index in [9.17, 15) is 9.90 Å². The van der Waals surface area contributed by atoms with Crippen molar-refractivity contribution < 1.29 is 5.11 Å². The molecule has 1 aromatic rings. The van der Waals surface area contributed by atoms with E-state index in [1.807, 2.05) is 25.5 Å². The van der Waals surface area contributed by atoms with Crippen molar-refractivity contribution in [3.63, 3.8) is 0 Å². The molecule has 1 N–H and O–H groups in total. The van der Waals surface area contributed by atoms with Crippen molar-refractivity contribution in [1.82, 2.24) is 4.57 Å². The SMILES string of the molecule is CCCc1c(O)c(=O)cc(C)n1C. The van der Waals surface area contributed by atoms with Crippen LogP contribution < -0.4 is 5.43 Å². The topological polar surface area (TPSA) is 42.2 Å². The summed E-state index contributed by atoms with van der Waals surface area (Å²) < 4.78 is 1.86. The smallest absolute Gasteiger partial charge is 0.223 e. The van der Waals surface area contributed by atoms with Crippen molar-refractivity contribution in [1.29, 1.82) is 0 Å². The first-order valence-electron chi connectivity index (χ1n) is 4.46. The molecule has 1 rings (SSSR count). The van der Waals surface area contributed by atoms with E-state index in [4.69, 9.17) is 0 Å². The van der Waals surface area contributed by atoms with Gasteiger partial charge in [-0.1, -0.05) is 13.3 Å². The Labute approximate surface area is 77.6 Å². The van der Waals surface area contributed by atoms with Crippen LogP contribution in [0.1, 0.15) is 24.7 Å². The Kier molecular flexibility index (Phi) is 2.76. The minimum Gasteiger partial charge on any atom is -0.503 e. The quantitative estimate of drug-likeness (QED) is 0.748. The molecule has 0 aromatic carbocycles. The minimum atomic E-state index is -0.279. The van der Waals surface area contributed by atoms with E-state index < -0.39 is 0 Å². The second-order valence-electron chi connectivity index (χ2n) is 3.25. The van der Waals surface area contributed by atoms with Gasteiger partial charge in [0.05, 0.1) is 5.69 Å². The highest BCUT2D eigenvalue weighted by Crippen LogP contribution is 2.14. The third kappa shape index (κ3) is 1.74. The molecular weight excluding hydrogens is 166 g/mol. The molecule has 0 aliphatic carbocycles. The maximum absolute atomic E-state index is 11.2. The Morgan fingerprint density at radius 3 is 2.69 bits per heavy atom. The third-order valence-corrected chi connectivity index (χ3v) is 2.27. The molecule has 0 saturated carbocycles. The normalized spacial score (nSPS) is 10.4. The van der Waals surface area contributed by atoms with E-state index in [1.54, 1.807) is 0 Å². The fraction of sp³-hybridized carbons (Fsp3) is 0.500. The Hall–Kier alpha value is -1.25. The van der Waals surface area contributed by atoms with Gasteiger partial charge in [-0.25, -0.2) is 0 Å². The number of aromatic nitrogens is 1. The summed E-state index contributed by atoms with van der Waals surface area (Å²) in [6, 6.07) is 1.45. The van der Waals surface area contributed by atoms with Gasteiger partial charge >= 0.3 is 0 Å². The second kappa shape index (κ2) is 3.64. The largest absolute Gasteiger partial charge is 0.503 e. The molecular formula is C10H15NO2. The van der Waals surface area contributed by atoms with Gasteiger partial charge in [0.2, 0.25) is 5.43 Å². The molecule has 3 heteroatoms. The van der Waals surface area contributed by atoms with Crippen LogP contribution in [0.4, 0.5) is 0 Å². The van der Waals surface area contributed by atoms with Gasteiger partial charge in [-0.3, -0.25) is 4.79 Å². The number of hydrogen-bond donors (Lipinski definition) is 1. The van der Waals surface area contributed by atoms with E-state index in [2.05, 4.69) is 0 Å². The average Bonchev–Trinajstić information content (AvgIpc) is 2.09.